The Hall–Kier alpha value is -1.94. The summed E-state index contributed by atoms with van der Waals surface area (Å²) in [5.41, 5.74) is 0.532. The number of carbonyl (C=O) groups excluding carboxylic acids is 2. The number of benzene rings is 1. The van der Waals surface area contributed by atoms with Gasteiger partial charge in [-0.25, -0.2) is 12.8 Å². The van der Waals surface area contributed by atoms with Crippen LogP contribution in [0.2, 0.25) is 0 Å². The Bertz CT molecular complexity index is 838. The van der Waals surface area contributed by atoms with Crippen LogP contribution in [0.25, 0.3) is 0 Å². The molecule has 0 saturated carbocycles. The molecule has 0 radical (unpaired) electrons. The van der Waals surface area contributed by atoms with Gasteiger partial charge in [-0.1, -0.05) is 11.8 Å². The largest absolute Gasteiger partial charge is 0.550 e. The molecular formula is C15H14FN2O5S2-. The zero-order valence-corrected chi connectivity index (χ0v) is 14.6. The number of rotatable bonds is 4. The van der Waals surface area contributed by atoms with E-state index < -0.39 is 40.0 Å². The highest BCUT2D eigenvalue weighted by atomic mass is 32.2. The molecule has 0 spiro atoms. The number of anilines is 1. The highest BCUT2D eigenvalue weighted by molar-refractivity contribution is 8.16. The second kappa shape index (κ2) is 6.75. The van der Waals surface area contributed by atoms with Crippen molar-refractivity contribution in [1.82, 2.24) is 0 Å². The molecule has 2 saturated heterocycles. The predicted molar refractivity (Wildman–Crippen MR) is 89.4 cm³/mol. The number of hydrogen-bond donors (Lipinski definition) is 0. The van der Waals surface area contributed by atoms with E-state index in [2.05, 4.69) is 4.99 Å². The number of thioether (sulfide) groups is 1. The molecular weight excluding hydrogens is 371 g/mol. The number of carboxylic acid groups (broad SMARTS) is 1. The summed E-state index contributed by atoms with van der Waals surface area (Å²) in [6, 6.07) is 5.07. The van der Waals surface area contributed by atoms with Gasteiger partial charge >= 0.3 is 0 Å². The number of amides is 1. The second-order valence-corrected chi connectivity index (χ2v) is 9.17. The number of hydrogen-bond acceptors (Lipinski definition) is 6. The summed E-state index contributed by atoms with van der Waals surface area (Å²) < 4.78 is 37.0. The van der Waals surface area contributed by atoms with Crippen molar-refractivity contribution in [2.75, 3.05) is 16.4 Å². The lowest BCUT2D eigenvalue weighted by Gasteiger charge is -2.24. The Kier molecular flexibility index (Phi) is 4.83. The number of fused-ring (bicyclic) bond motifs is 1. The monoisotopic (exact) mass is 385 g/mol. The summed E-state index contributed by atoms with van der Waals surface area (Å²) >= 11 is 1.17. The van der Waals surface area contributed by atoms with Gasteiger partial charge in [0.1, 0.15) is 5.82 Å². The van der Waals surface area contributed by atoms with E-state index in [4.69, 9.17) is 0 Å². The van der Waals surface area contributed by atoms with Crippen LogP contribution in [0.1, 0.15) is 12.8 Å². The zero-order chi connectivity index (χ0) is 18.2. The van der Waals surface area contributed by atoms with Crippen LogP contribution in [0.3, 0.4) is 0 Å². The van der Waals surface area contributed by atoms with Crippen molar-refractivity contribution in [1.29, 1.82) is 0 Å². The molecule has 3 rings (SSSR count). The van der Waals surface area contributed by atoms with Crippen molar-refractivity contribution in [3.63, 3.8) is 0 Å². The maximum absolute atomic E-state index is 13.2. The van der Waals surface area contributed by atoms with Crippen LogP contribution in [0.15, 0.2) is 29.3 Å². The fourth-order valence-corrected chi connectivity index (χ4v) is 6.77. The molecule has 2 fully saturated rings. The van der Waals surface area contributed by atoms with E-state index in [1.807, 2.05) is 0 Å². The molecule has 0 bridgehead atoms. The first-order chi connectivity index (χ1) is 11.7. The molecule has 0 unspecified atom stereocenters. The summed E-state index contributed by atoms with van der Waals surface area (Å²) in [5, 5.41) is 10.5. The number of carbonyl (C=O) groups is 2. The summed E-state index contributed by atoms with van der Waals surface area (Å²) in [7, 11) is -3.19. The molecule has 0 aromatic heterocycles. The van der Waals surface area contributed by atoms with Gasteiger partial charge in [-0.15, -0.1) is 0 Å². The molecule has 1 aromatic rings. The quantitative estimate of drug-likeness (QED) is 0.716. The minimum absolute atomic E-state index is 0.0215. The van der Waals surface area contributed by atoms with E-state index in [1.54, 1.807) is 4.90 Å². The normalized spacial score (nSPS) is 26.0. The molecule has 134 valence electrons. The SMILES string of the molecule is O=C([O-])CCC(=O)N=C1S[C@@H]2CS(=O)(=O)C[C@H]2N1c1ccc(F)cc1. The van der Waals surface area contributed by atoms with Crippen molar-refractivity contribution in [3.05, 3.63) is 30.1 Å². The molecule has 1 amide bonds. The highest BCUT2D eigenvalue weighted by Gasteiger charge is 2.49. The van der Waals surface area contributed by atoms with E-state index in [9.17, 15) is 27.5 Å². The standard InChI is InChI=1S/C15H15FN2O5S2/c16-9-1-3-10(4-2-9)18-11-7-25(22,23)8-12(11)24-15(18)17-13(19)5-6-14(20)21/h1-4,11-12H,5-8H2,(H,20,21)/p-1/t11-,12-/m1/s1. The van der Waals surface area contributed by atoms with E-state index >= 15 is 0 Å². The smallest absolute Gasteiger partial charge is 0.248 e. The van der Waals surface area contributed by atoms with E-state index in [0.29, 0.717) is 10.9 Å². The third kappa shape index (κ3) is 4.01. The first-order valence-electron chi connectivity index (χ1n) is 7.48. The van der Waals surface area contributed by atoms with E-state index in [1.165, 1.54) is 36.0 Å². The lowest BCUT2D eigenvalue weighted by Crippen LogP contribution is -2.37. The number of carboxylic acids is 1. The van der Waals surface area contributed by atoms with Gasteiger partial charge in [-0.05, 0) is 30.7 Å². The van der Waals surface area contributed by atoms with Crippen molar-refractivity contribution >= 4 is 44.3 Å². The molecule has 0 aliphatic carbocycles. The summed E-state index contributed by atoms with van der Waals surface area (Å²) in [6.45, 7) is 0. The fraction of sp³-hybridized carbons (Fsp3) is 0.400. The van der Waals surface area contributed by atoms with Gasteiger partial charge in [0.15, 0.2) is 15.0 Å². The molecule has 2 atom stereocenters. The number of aliphatic imine (C=N–C) groups is 1. The molecule has 0 N–H and O–H groups in total. The average molecular weight is 385 g/mol. The first-order valence-corrected chi connectivity index (χ1v) is 10.2. The van der Waals surface area contributed by atoms with Crippen molar-refractivity contribution in [3.8, 4) is 0 Å². The van der Waals surface area contributed by atoms with Crippen molar-refractivity contribution in [2.24, 2.45) is 4.99 Å². The zero-order valence-electron chi connectivity index (χ0n) is 12.9. The van der Waals surface area contributed by atoms with Crippen molar-refractivity contribution in [2.45, 2.75) is 24.1 Å². The van der Waals surface area contributed by atoms with Crippen LogP contribution in [-0.2, 0) is 19.4 Å². The first kappa shape index (κ1) is 17.9. The number of aliphatic carboxylic acids is 1. The van der Waals surface area contributed by atoms with E-state index in [0.717, 1.165) is 0 Å². The molecule has 2 aliphatic heterocycles. The molecule has 10 heteroatoms. The van der Waals surface area contributed by atoms with Gasteiger partial charge in [-0.3, -0.25) is 4.79 Å². The number of sulfone groups is 1. The lowest BCUT2D eigenvalue weighted by atomic mass is 10.2. The number of nitrogens with zero attached hydrogens (tertiary/aromatic N) is 2. The minimum atomic E-state index is -3.19. The van der Waals surface area contributed by atoms with Gasteiger partial charge in [0.25, 0.3) is 0 Å². The maximum atomic E-state index is 13.2. The molecule has 2 heterocycles. The average Bonchev–Trinajstić information content (AvgIpc) is 2.97. The van der Waals surface area contributed by atoms with Crippen molar-refractivity contribution < 1.29 is 27.5 Å². The van der Waals surface area contributed by atoms with Crippen LogP contribution in [0.5, 0.6) is 0 Å². The van der Waals surface area contributed by atoms with Crippen LogP contribution in [-0.4, -0.2) is 48.3 Å². The predicted octanol–water partition coefficient (Wildman–Crippen LogP) is -0.0428. The second-order valence-electron chi connectivity index (χ2n) is 5.81. The molecule has 2 aliphatic rings. The van der Waals surface area contributed by atoms with Crippen LogP contribution < -0.4 is 10.0 Å². The Morgan fingerprint density at radius 3 is 2.56 bits per heavy atom. The van der Waals surface area contributed by atoms with E-state index in [-0.39, 0.29) is 23.2 Å². The fourth-order valence-electron chi connectivity index (χ4n) is 2.84. The Morgan fingerprint density at radius 2 is 1.92 bits per heavy atom. The summed E-state index contributed by atoms with van der Waals surface area (Å²) in [5.74, 6) is -2.50. The van der Waals surface area contributed by atoms with Crippen LogP contribution >= 0.6 is 11.8 Å². The van der Waals surface area contributed by atoms with Crippen LogP contribution in [0, 0.1) is 5.82 Å². The van der Waals surface area contributed by atoms with Gasteiger partial charge in [0.2, 0.25) is 5.91 Å². The number of amidine groups is 1. The minimum Gasteiger partial charge on any atom is -0.550 e. The topological polar surface area (TPSA) is 107 Å². The molecule has 7 nitrogen and oxygen atoms in total. The Morgan fingerprint density at radius 1 is 1.24 bits per heavy atom. The summed E-state index contributed by atoms with van der Waals surface area (Å²) in [4.78, 5) is 27.9. The van der Waals surface area contributed by atoms with Gasteiger partial charge in [0.05, 0.1) is 17.5 Å². The third-order valence-corrected chi connectivity index (χ3v) is 7.14. The van der Waals surface area contributed by atoms with Gasteiger partial charge in [-0.2, -0.15) is 4.99 Å². The molecule has 25 heavy (non-hydrogen) atoms. The maximum Gasteiger partial charge on any atom is 0.248 e. The molecule has 1 aromatic carbocycles. The Labute approximate surface area is 147 Å². The summed E-state index contributed by atoms with van der Waals surface area (Å²) in [6.07, 6.45) is -0.727. The third-order valence-electron chi connectivity index (χ3n) is 3.93. The number of halogens is 1. The van der Waals surface area contributed by atoms with Gasteiger partial charge in [0, 0.05) is 23.3 Å². The van der Waals surface area contributed by atoms with Crippen LogP contribution in [0.4, 0.5) is 10.1 Å². The Balaban J connectivity index is 1.90. The highest BCUT2D eigenvalue weighted by Crippen LogP contribution is 2.40. The van der Waals surface area contributed by atoms with Gasteiger partial charge < -0.3 is 14.8 Å². The lowest BCUT2D eigenvalue weighted by molar-refractivity contribution is -0.305.